The number of fused-ring (bicyclic) bond motifs is 5. The molecule has 2 nitrogen and oxygen atoms in total. The average Bonchev–Trinajstić information content (AvgIpc) is 2.98. The maximum atomic E-state index is 13.4. The first-order valence-electron chi connectivity index (χ1n) is 11.2. The fourth-order valence-corrected chi connectivity index (χ4v) is 8.50. The summed E-state index contributed by atoms with van der Waals surface area (Å²) >= 11 is 0. The van der Waals surface area contributed by atoms with Gasteiger partial charge in [0.25, 0.3) is 0 Å². The molecule has 0 aliphatic heterocycles. The van der Waals surface area contributed by atoms with Gasteiger partial charge >= 0.3 is 6.18 Å². The SMILES string of the molecule is C[C@H](C=O)[C@H]1CC[C@H]2[C@@H]3CC[C@@H]4C[C@@](O)(C(F)(F)F)CC[C@]4(C)[C@H]3CC[C@]12C. The van der Waals surface area contributed by atoms with Gasteiger partial charge in [0.05, 0.1) is 0 Å². The van der Waals surface area contributed by atoms with Crippen molar-refractivity contribution in [3.63, 3.8) is 0 Å². The molecule has 28 heavy (non-hydrogen) atoms. The van der Waals surface area contributed by atoms with E-state index in [4.69, 9.17) is 0 Å². The molecule has 4 fully saturated rings. The molecule has 9 atom stereocenters. The van der Waals surface area contributed by atoms with Gasteiger partial charge in [-0.1, -0.05) is 20.8 Å². The summed E-state index contributed by atoms with van der Waals surface area (Å²) in [5.74, 6) is 2.14. The average molecular weight is 401 g/mol. The monoisotopic (exact) mass is 400 g/mol. The van der Waals surface area contributed by atoms with Crippen molar-refractivity contribution in [3.05, 3.63) is 0 Å². The van der Waals surface area contributed by atoms with E-state index >= 15 is 0 Å². The highest BCUT2D eigenvalue weighted by Gasteiger charge is 2.65. The summed E-state index contributed by atoms with van der Waals surface area (Å²) in [5.41, 5.74) is -2.38. The van der Waals surface area contributed by atoms with Crippen molar-refractivity contribution >= 4 is 6.29 Å². The van der Waals surface area contributed by atoms with Crippen molar-refractivity contribution in [1.29, 1.82) is 0 Å². The predicted molar refractivity (Wildman–Crippen MR) is 101 cm³/mol. The molecule has 4 rings (SSSR count). The Hall–Kier alpha value is -0.580. The second-order valence-electron chi connectivity index (χ2n) is 11.1. The molecule has 0 unspecified atom stereocenters. The highest BCUT2D eigenvalue weighted by Crippen LogP contribution is 2.69. The smallest absolute Gasteiger partial charge is 0.380 e. The molecule has 4 aliphatic carbocycles. The molecule has 0 bridgehead atoms. The molecule has 0 aromatic heterocycles. The molecular formula is C23H35F3O2. The molecule has 0 saturated heterocycles. The van der Waals surface area contributed by atoms with E-state index in [1.54, 1.807) is 0 Å². The first-order chi connectivity index (χ1) is 13.0. The van der Waals surface area contributed by atoms with Gasteiger partial charge in [0.2, 0.25) is 0 Å². The van der Waals surface area contributed by atoms with Crippen LogP contribution in [0.15, 0.2) is 0 Å². The Labute approximate surface area is 166 Å². The van der Waals surface area contributed by atoms with E-state index in [1.165, 1.54) is 0 Å². The van der Waals surface area contributed by atoms with E-state index in [1.807, 2.05) is 0 Å². The van der Waals surface area contributed by atoms with Crippen molar-refractivity contribution < 1.29 is 23.1 Å². The predicted octanol–water partition coefficient (Wildman–Crippen LogP) is 5.77. The first-order valence-corrected chi connectivity index (χ1v) is 11.2. The molecule has 0 radical (unpaired) electrons. The third kappa shape index (κ3) is 2.74. The summed E-state index contributed by atoms with van der Waals surface area (Å²) in [6.07, 6.45) is 3.01. The van der Waals surface area contributed by atoms with Crippen LogP contribution in [-0.2, 0) is 4.79 Å². The Morgan fingerprint density at radius 1 is 0.964 bits per heavy atom. The molecule has 0 aromatic rings. The lowest BCUT2D eigenvalue weighted by atomic mass is 9.43. The van der Waals surface area contributed by atoms with Gasteiger partial charge in [0, 0.05) is 5.92 Å². The van der Waals surface area contributed by atoms with Gasteiger partial charge < -0.3 is 9.90 Å². The van der Waals surface area contributed by atoms with Crippen LogP contribution >= 0.6 is 0 Å². The standard InChI is InChI=1S/C23H35F3O2/c1-14(13-27)17-6-7-18-16-5-4-15-12-22(28,23(24,25)26)11-10-20(15,2)19(16)8-9-21(17,18)3/h13-19,28H,4-12H2,1-3H3/t14-,15-,16+,17-,18+,19+,20+,21-,22-/m1/s1. The molecule has 0 aromatic carbocycles. The summed E-state index contributed by atoms with van der Waals surface area (Å²) in [6, 6.07) is 0. The van der Waals surface area contributed by atoms with E-state index in [2.05, 4.69) is 20.8 Å². The summed E-state index contributed by atoms with van der Waals surface area (Å²) in [5, 5.41) is 10.3. The maximum Gasteiger partial charge on any atom is 0.417 e. The van der Waals surface area contributed by atoms with E-state index < -0.39 is 11.8 Å². The molecule has 4 aliphatic rings. The van der Waals surface area contributed by atoms with Gasteiger partial charge in [0.15, 0.2) is 5.60 Å². The molecule has 160 valence electrons. The largest absolute Gasteiger partial charge is 0.417 e. The highest BCUT2D eigenvalue weighted by molar-refractivity contribution is 5.53. The Morgan fingerprint density at radius 3 is 2.29 bits per heavy atom. The summed E-state index contributed by atoms with van der Waals surface area (Å²) < 4.78 is 40.3. The number of carbonyl (C=O) groups is 1. The van der Waals surface area contributed by atoms with Crippen LogP contribution in [0.3, 0.4) is 0 Å². The summed E-state index contributed by atoms with van der Waals surface area (Å²) in [7, 11) is 0. The number of carbonyl (C=O) groups excluding carboxylic acids is 1. The van der Waals surface area contributed by atoms with Gasteiger partial charge in [-0.15, -0.1) is 0 Å². The molecule has 0 heterocycles. The number of alkyl halides is 3. The van der Waals surface area contributed by atoms with Gasteiger partial charge in [-0.05, 0) is 98.2 Å². The lowest BCUT2D eigenvalue weighted by molar-refractivity contribution is -0.290. The van der Waals surface area contributed by atoms with Gasteiger partial charge in [-0.3, -0.25) is 0 Å². The van der Waals surface area contributed by atoms with Crippen molar-refractivity contribution in [2.45, 2.75) is 90.3 Å². The van der Waals surface area contributed by atoms with E-state index in [0.29, 0.717) is 30.1 Å². The second kappa shape index (κ2) is 6.46. The maximum absolute atomic E-state index is 13.4. The van der Waals surface area contributed by atoms with Gasteiger partial charge in [-0.2, -0.15) is 13.2 Å². The Bertz CT molecular complexity index is 634. The number of aldehydes is 1. The number of hydrogen-bond donors (Lipinski definition) is 1. The van der Waals surface area contributed by atoms with Crippen molar-refractivity contribution in [3.8, 4) is 0 Å². The fraction of sp³-hybridized carbons (Fsp3) is 0.957. The zero-order chi connectivity index (χ0) is 20.5. The van der Waals surface area contributed by atoms with Crippen LogP contribution in [0.5, 0.6) is 0 Å². The molecule has 5 heteroatoms. The lowest BCUT2D eigenvalue weighted by Gasteiger charge is -2.62. The van der Waals surface area contributed by atoms with Crippen LogP contribution < -0.4 is 0 Å². The van der Waals surface area contributed by atoms with Crippen molar-refractivity contribution in [1.82, 2.24) is 0 Å². The third-order valence-corrected chi connectivity index (χ3v) is 10.2. The number of aliphatic hydroxyl groups is 1. The van der Waals surface area contributed by atoms with Crippen LogP contribution in [-0.4, -0.2) is 23.2 Å². The fourth-order valence-electron chi connectivity index (χ4n) is 8.50. The van der Waals surface area contributed by atoms with Gasteiger partial charge in [-0.25, -0.2) is 0 Å². The molecule has 1 N–H and O–H groups in total. The molecular weight excluding hydrogens is 365 g/mol. The number of rotatable bonds is 2. The molecule has 0 amide bonds. The lowest BCUT2D eigenvalue weighted by Crippen LogP contribution is -2.59. The summed E-state index contributed by atoms with van der Waals surface area (Å²) in [6.45, 7) is 6.64. The molecule has 4 saturated carbocycles. The highest BCUT2D eigenvalue weighted by atomic mass is 19.4. The third-order valence-electron chi connectivity index (χ3n) is 10.2. The minimum atomic E-state index is -4.53. The summed E-state index contributed by atoms with van der Waals surface area (Å²) in [4.78, 5) is 11.5. The van der Waals surface area contributed by atoms with E-state index in [9.17, 15) is 23.1 Å². The zero-order valence-electron chi connectivity index (χ0n) is 17.4. The first kappa shape index (κ1) is 20.7. The van der Waals surface area contributed by atoms with Gasteiger partial charge in [0.1, 0.15) is 6.29 Å². The van der Waals surface area contributed by atoms with Crippen LogP contribution in [0.2, 0.25) is 0 Å². The Kier molecular flexibility index (Phi) is 4.77. The Balaban J connectivity index is 1.57. The molecule has 0 spiro atoms. The zero-order valence-corrected chi connectivity index (χ0v) is 17.4. The quantitative estimate of drug-likeness (QED) is 0.597. The number of halogens is 3. The normalized spacial score (nSPS) is 52.3. The van der Waals surface area contributed by atoms with Crippen molar-refractivity contribution in [2.75, 3.05) is 0 Å². The minimum Gasteiger partial charge on any atom is -0.380 e. The Morgan fingerprint density at radius 2 is 1.64 bits per heavy atom. The number of hydrogen-bond acceptors (Lipinski definition) is 2. The second-order valence-corrected chi connectivity index (χ2v) is 11.1. The van der Waals surface area contributed by atoms with Crippen molar-refractivity contribution in [2.24, 2.45) is 46.3 Å². The van der Waals surface area contributed by atoms with Crippen LogP contribution in [0.25, 0.3) is 0 Å². The van der Waals surface area contributed by atoms with Crippen LogP contribution in [0, 0.1) is 46.3 Å². The topological polar surface area (TPSA) is 37.3 Å². The van der Waals surface area contributed by atoms with Crippen LogP contribution in [0.4, 0.5) is 13.2 Å². The van der Waals surface area contributed by atoms with E-state index in [0.717, 1.165) is 44.8 Å². The minimum absolute atomic E-state index is 0.0374. The van der Waals surface area contributed by atoms with Crippen LogP contribution in [0.1, 0.15) is 78.6 Å². The van der Waals surface area contributed by atoms with E-state index in [-0.39, 0.29) is 35.5 Å².